The van der Waals surface area contributed by atoms with E-state index in [-0.39, 0.29) is 12.1 Å². The Morgan fingerprint density at radius 1 is 1.27 bits per heavy atom. The van der Waals surface area contributed by atoms with E-state index in [4.69, 9.17) is 11.6 Å². The molecule has 2 aromatic carbocycles. The monoisotopic (exact) mass is 398 g/mol. The van der Waals surface area contributed by atoms with Crippen molar-refractivity contribution in [2.75, 3.05) is 15.9 Å². The fourth-order valence-corrected chi connectivity index (χ4v) is 4.09. The van der Waals surface area contributed by atoms with Gasteiger partial charge < -0.3 is 5.32 Å². The summed E-state index contributed by atoms with van der Waals surface area (Å²) in [6, 6.07) is 9.30. The molecule has 1 atom stereocenters. The maximum Gasteiger partial charge on any atom is 0.248 e. The lowest BCUT2D eigenvalue weighted by Gasteiger charge is -2.30. The molecule has 26 heavy (non-hydrogen) atoms. The number of amides is 1. The van der Waals surface area contributed by atoms with Crippen LogP contribution in [-0.4, -0.2) is 26.6 Å². The summed E-state index contributed by atoms with van der Waals surface area (Å²) in [5, 5.41) is 3.23. The van der Waals surface area contributed by atoms with E-state index in [1.54, 1.807) is 32.0 Å². The molecule has 0 spiro atoms. The lowest BCUT2D eigenvalue weighted by molar-refractivity contribution is -0.117. The SMILES string of the molecule is CCC(C(=O)Nc1ccc(Cl)cc1C)N(c1ccccc1F)S(C)(=O)=O. The second-order valence-electron chi connectivity index (χ2n) is 5.88. The van der Waals surface area contributed by atoms with Gasteiger partial charge in [-0.3, -0.25) is 9.10 Å². The topological polar surface area (TPSA) is 66.5 Å². The standard InChI is InChI=1S/C18H20ClFN2O3S/c1-4-16(18(23)21-15-10-9-13(19)11-12(15)2)22(26(3,24)25)17-8-6-5-7-14(17)20/h5-11,16H,4H2,1-3H3,(H,21,23). The molecule has 0 aliphatic carbocycles. The summed E-state index contributed by atoms with van der Waals surface area (Å²) in [6.07, 6.45) is 1.11. The van der Waals surface area contributed by atoms with Gasteiger partial charge in [0.15, 0.2) is 0 Å². The molecule has 2 rings (SSSR count). The van der Waals surface area contributed by atoms with E-state index in [0.717, 1.165) is 22.2 Å². The predicted molar refractivity (Wildman–Crippen MR) is 103 cm³/mol. The Labute approximate surface area is 157 Å². The molecule has 140 valence electrons. The molecule has 0 heterocycles. The van der Waals surface area contributed by atoms with Crippen molar-refractivity contribution in [3.05, 3.63) is 58.9 Å². The Morgan fingerprint density at radius 2 is 1.92 bits per heavy atom. The van der Waals surface area contributed by atoms with Crippen LogP contribution in [0.15, 0.2) is 42.5 Å². The van der Waals surface area contributed by atoms with Gasteiger partial charge >= 0.3 is 0 Å². The zero-order valence-electron chi connectivity index (χ0n) is 14.7. The average molecular weight is 399 g/mol. The highest BCUT2D eigenvalue weighted by Gasteiger charge is 2.33. The van der Waals surface area contributed by atoms with E-state index in [2.05, 4.69) is 5.32 Å². The third-order valence-corrected chi connectivity index (χ3v) is 5.27. The lowest BCUT2D eigenvalue weighted by atomic mass is 10.1. The molecular formula is C18H20ClFN2O3S. The number of sulfonamides is 1. The van der Waals surface area contributed by atoms with Gasteiger partial charge in [0.05, 0.1) is 11.9 Å². The Hall–Kier alpha value is -2.12. The molecule has 0 aliphatic rings. The van der Waals surface area contributed by atoms with Crippen LogP contribution in [0.2, 0.25) is 5.02 Å². The van der Waals surface area contributed by atoms with Gasteiger partial charge in [-0.25, -0.2) is 12.8 Å². The first-order valence-electron chi connectivity index (χ1n) is 7.96. The Kier molecular flexibility index (Phi) is 6.26. The number of nitrogens with zero attached hydrogens (tertiary/aromatic N) is 1. The number of hydrogen-bond donors (Lipinski definition) is 1. The van der Waals surface area contributed by atoms with E-state index in [1.807, 2.05) is 0 Å². The normalized spacial score (nSPS) is 12.5. The molecule has 0 radical (unpaired) electrons. The first-order valence-corrected chi connectivity index (χ1v) is 10.2. The maximum absolute atomic E-state index is 14.2. The van der Waals surface area contributed by atoms with Crippen molar-refractivity contribution >= 4 is 38.9 Å². The predicted octanol–water partition coefficient (Wildman–Crippen LogP) is 3.97. The third-order valence-electron chi connectivity index (χ3n) is 3.87. The molecule has 8 heteroatoms. The van der Waals surface area contributed by atoms with Gasteiger partial charge in [-0.15, -0.1) is 0 Å². The highest BCUT2D eigenvalue weighted by Crippen LogP contribution is 2.27. The minimum absolute atomic E-state index is 0.162. The number of benzene rings is 2. The fourth-order valence-electron chi connectivity index (χ4n) is 2.65. The summed E-state index contributed by atoms with van der Waals surface area (Å²) in [5.41, 5.74) is 1.09. The first kappa shape index (κ1) is 20.2. The first-order chi connectivity index (χ1) is 12.1. The quantitative estimate of drug-likeness (QED) is 0.800. The number of rotatable bonds is 6. The second-order valence-corrected chi connectivity index (χ2v) is 8.18. The highest BCUT2D eigenvalue weighted by molar-refractivity contribution is 7.92. The molecule has 1 N–H and O–H groups in total. The Morgan fingerprint density at radius 3 is 2.46 bits per heavy atom. The van der Waals surface area contributed by atoms with Crippen molar-refractivity contribution in [3.63, 3.8) is 0 Å². The van der Waals surface area contributed by atoms with Crippen molar-refractivity contribution in [2.24, 2.45) is 0 Å². The number of anilines is 2. The number of para-hydroxylation sites is 1. The summed E-state index contributed by atoms with van der Waals surface area (Å²) in [6.45, 7) is 3.44. The molecule has 0 saturated heterocycles. The van der Waals surface area contributed by atoms with Crippen LogP contribution in [-0.2, 0) is 14.8 Å². The van der Waals surface area contributed by atoms with Crippen LogP contribution in [0.5, 0.6) is 0 Å². The maximum atomic E-state index is 14.2. The van der Waals surface area contributed by atoms with E-state index in [1.165, 1.54) is 18.2 Å². The van der Waals surface area contributed by atoms with Gasteiger partial charge in [0.1, 0.15) is 11.9 Å². The van der Waals surface area contributed by atoms with Gasteiger partial charge in [-0.2, -0.15) is 0 Å². The average Bonchev–Trinajstić information content (AvgIpc) is 2.55. The zero-order valence-corrected chi connectivity index (χ0v) is 16.2. The molecular weight excluding hydrogens is 379 g/mol. The van der Waals surface area contributed by atoms with Crippen molar-refractivity contribution in [1.82, 2.24) is 0 Å². The van der Waals surface area contributed by atoms with E-state index < -0.39 is 27.8 Å². The van der Waals surface area contributed by atoms with Gasteiger partial charge in [0.25, 0.3) is 0 Å². The van der Waals surface area contributed by atoms with Crippen molar-refractivity contribution in [3.8, 4) is 0 Å². The molecule has 1 amide bonds. The van der Waals surface area contributed by atoms with Crippen LogP contribution >= 0.6 is 11.6 Å². The molecule has 0 bridgehead atoms. The van der Waals surface area contributed by atoms with E-state index >= 15 is 0 Å². The van der Waals surface area contributed by atoms with Gasteiger partial charge in [-0.05, 0) is 49.2 Å². The van der Waals surface area contributed by atoms with Crippen molar-refractivity contribution in [2.45, 2.75) is 26.3 Å². The van der Waals surface area contributed by atoms with Crippen LogP contribution in [0, 0.1) is 12.7 Å². The van der Waals surface area contributed by atoms with Crippen LogP contribution in [0.1, 0.15) is 18.9 Å². The zero-order chi connectivity index (χ0) is 19.5. The number of carbonyl (C=O) groups is 1. The van der Waals surface area contributed by atoms with E-state index in [0.29, 0.717) is 10.7 Å². The number of carbonyl (C=O) groups excluding carboxylic acids is 1. The van der Waals surface area contributed by atoms with Crippen molar-refractivity contribution < 1.29 is 17.6 Å². The number of halogens is 2. The summed E-state index contributed by atoms with van der Waals surface area (Å²) in [7, 11) is -3.89. The highest BCUT2D eigenvalue weighted by atomic mass is 35.5. The number of aryl methyl sites for hydroxylation is 1. The lowest BCUT2D eigenvalue weighted by Crippen LogP contribution is -2.47. The largest absolute Gasteiger partial charge is 0.324 e. The fraction of sp³-hybridized carbons (Fsp3) is 0.278. The van der Waals surface area contributed by atoms with E-state index in [9.17, 15) is 17.6 Å². The van der Waals surface area contributed by atoms with Crippen LogP contribution in [0.3, 0.4) is 0 Å². The summed E-state index contributed by atoms with van der Waals surface area (Å²) in [4.78, 5) is 12.8. The van der Waals surface area contributed by atoms with Gasteiger partial charge in [0, 0.05) is 10.7 Å². The van der Waals surface area contributed by atoms with Crippen LogP contribution < -0.4 is 9.62 Å². The van der Waals surface area contributed by atoms with Crippen LogP contribution in [0.4, 0.5) is 15.8 Å². The molecule has 2 aromatic rings. The minimum atomic E-state index is -3.89. The van der Waals surface area contributed by atoms with Gasteiger partial charge in [-0.1, -0.05) is 30.7 Å². The van der Waals surface area contributed by atoms with Crippen molar-refractivity contribution in [1.29, 1.82) is 0 Å². The molecule has 0 fully saturated rings. The van der Waals surface area contributed by atoms with Crippen LogP contribution in [0.25, 0.3) is 0 Å². The number of nitrogens with one attached hydrogen (secondary N) is 1. The molecule has 0 saturated carbocycles. The summed E-state index contributed by atoms with van der Waals surface area (Å²) in [5.74, 6) is -1.27. The molecule has 1 unspecified atom stereocenters. The third kappa shape index (κ3) is 4.53. The molecule has 5 nitrogen and oxygen atoms in total. The Balaban J connectivity index is 2.42. The Bertz CT molecular complexity index is 918. The number of hydrogen-bond acceptors (Lipinski definition) is 3. The summed E-state index contributed by atoms with van der Waals surface area (Å²) < 4.78 is 39.7. The second kappa shape index (κ2) is 8.05. The molecule has 0 aliphatic heterocycles. The summed E-state index contributed by atoms with van der Waals surface area (Å²) >= 11 is 5.91. The smallest absolute Gasteiger partial charge is 0.248 e. The minimum Gasteiger partial charge on any atom is -0.324 e. The van der Waals surface area contributed by atoms with Gasteiger partial charge in [0.2, 0.25) is 15.9 Å². The molecule has 0 aromatic heterocycles.